The Hall–Kier alpha value is -1.81. The molecule has 0 aliphatic carbocycles. The van der Waals surface area contributed by atoms with Gasteiger partial charge in [0.05, 0.1) is 24.4 Å². The van der Waals surface area contributed by atoms with E-state index in [1.807, 2.05) is 4.90 Å². The second kappa shape index (κ2) is 6.97. The van der Waals surface area contributed by atoms with Crippen LogP contribution in [-0.4, -0.2) is 65.3 Å². The smallest absolute Gasteiger partial charge is 0.389 e. The number of hydrogen-bond acceptors (Lipinski definition) is 6. The number of alkyl halides is 3. The van der Waals surface area contributed by atoms with Crippen molar-refractivity contribution >= 4 is 11.8 Å². The molecule has 1 fully saturated rings. The summed E-state index contributed by atoms with van der Waals surface area (Å²) in [6.45, 7) is 6.16. The highest BCUT2D eigenvalue weighted by atomic mass is 19.4. The van der Waals surface area contributed by atoms with E-state index in [1.54, 1.807) is 6.92 Å². The molecule has 1 aromatic heterocycles. The van der Waals surface area contributed by atoms with Gasteiger partial charge in [-0.2, -0.15) is 18.2 Å². The Labute approximate surface area is 155 Å². The average molecular weight is 390 g/mol. The van der Waals surface area contributed by atoms with Crippen LogP contribution in [0.15, 0.2) is 4.79 Å². The Morgan fingerprint density at radius 3 is 2.41 bits per heavy atom. The van der Waals surface area contributed by atoms with E-state index in [0.29, 0.717) is 37.7 Å². The highest BCUT2D eigenvalue weighted by Gasteiger charge is 2.48. The van der Waals surface area contributed by atoms with Crippen molar-refractivity contribution in [2.24, 2.45) is 0 Å². The van der Waals surface area contributed by atoms with E-state index < -0.39 is 17.8 Å². The number of β-amino-alcohol motifs (C(OH)–C–C–N with tert-alkyl or cyclic N) is 1. The van der Waals surface area contributed by atoms with Gasteiger partial charge in [0, 0.05) is 26.2 Å². The molecule has 0 radical (unpaired) electrons. The van der Waals surface area contributed by atoms with E-state index in [2.05, 4.69) is 4.98 Å². The molecule has 1 unspecified atom stereocenters. The number of anilines is 2. The first kappa shape index (κ1) is 19.9. The normalized spacial score (nSPS) is 21.4. The van der Waals surface area contributed by atoms with E-state index in [4.69, 9.17) is 4.74 Å². The second-order valence-electron chi connectivity index (χ2n) is 7.70. The number of ether oxygens (including phenoxy) is 1. The van der Waals surface area contributed by atoms with Crippen LogP contribution in [0.5, 0.6) is 0 Å². The molecule has 0 saturated carbocycles. The van der Waals surface area contributed by atoms with Crippen LogP contribution < -0.4 is 15.4 Å². The largest absolute Gasteiger partial charge is 0.408 e. The summed E-state index contributed by atoms with van der Waals surface area (Å²) in [6.07, 6.45) is -4.75. The average Bonchev–Trinajstić information content (AvgIpc) is 2.56. The predicted octanol–water partition coefficient (Wildman–Crippen LogP) is 1.30. The third kappa shape index (κ3) is 4.06. The summed E-state index contributed by atoms with van der Waals surface area (Å²) < 4.78 is 47.5. The van der Waals surface area contributed by atoms with Crippen molar-refractivity contribution in [2.75, 3.05) is 42.6 Å². The van der Waals surface area contributed by atoms with Crippen molar-refractivity contribution in [3.05, 3.63) is 15.9 Å². The zero-order chi connectivity index (χ0) is 20.0. The summed E-state index contributed by atoms with van der Waals surface area (Å²) in [5.74, 6) is 0.348. The molecule has 3 heterocycles. The lowest BCUT2D eigenvalue weighted by molar-refractivity contribution is -0.154. The zero-order valence-electron chi connectivity index (χ0n) is 15.7. The summed E-state index contributed by atoms with van der Waals surface area (Å²) in [4.78, 5) is 20.2. The molecule has 152 valence electrons. The quantitative estimate of drug-likeness (QED) is 0.839. The monoisotopic (exact) mass is 390 g/mol. The van der Waals surface area contributed by atoms with Crippen molar-refractivity contribution in [2.45, 2.75) is 51.6 Å². The number of aromatic nitrogens is 2. The lowest BCUT2D eigenvalue weighted by Gasteiger charge is -2.42. The fraction of sp³-hybridized carbons (Fsp3) is 0.765. The molecular weight excluding hydrogens is 365 g/mol. The highest BCUT2D eigenvalue weighted by molar-refractivity contribution is 5.52. The van der Waals surface area contributed by atoms with E-state index in [1.165, 1.54) is 18.4 Å². The summed E-state index contributed by atoms with van der Waals surface area (Å²) >= 11 is 0. The first-order chi connectivity index (χ1) is 12.5. The number of hydrogen-bond donors (Lipinski definition) is 1. The van der Waals surface area contributed by atoms with Gasteiger partial charge in [0.25, 0.3) is 5.56 Å². The van der Waals surface area contributed by atoms with Gasteiger partial charge in [0.15, 0.2) is 0 Å². The minimum absolute atomic E-state index is 0.0391. The minimum Gasteiger partial charge on any atom is -0.389 e. The highest BCUT2D eigenvalue weighted by Crippen LogP contribution is 2.35. The van der Waals surface area contributed by atoms with Gasteiger partial charge in [-0.1, -0.05) is 0 Å². The number of halogens is 3. The van der Waals surface area contributed by atoms with E-state index in [9.17, 15) is 23.1 Å². The molecule has 0 amide bonds. The number of nitrogens with zero attached hydrogens (tertiary/aromatic N) is 4. The van der Waals surface area contributed by atoms with Gasteiger partial charge in [-0.05, 0) is 27.2 Å². The van der Waals surface area contributed by atoms with Gasteiger partial charge in [-0.15, -0.1) is 0 Å². The van der Waals surface area contributed by atoms with Gasteiger partial charge in [0.2, 0.25) is 5.95 Å². The van der Waals surface area contributed by atoms with Gasteiger partial charge in [0.1, 0.15) is 11.9 Å². The fourth-order valence-corrected chi connectivity index (χ4v) is 3.62. The van der Waals surface area contributed by atoms with E-state index in [0.717, 1.165) is 4.90 Å². The third-order valence-electron chi connectivity index (χ3n) is 4.85. The third-order valence-corrected chi connectivity index (χ3v) is 4.85. The van der Waals surface area contributed by atoms with Gasteiger partial charge in [-0.3, -0.25) is 9.36 Å². The van der Waals surface area contributed by atoms with Crippen molar-refractivity contribution in [1.29, 1.82) is 0 Å². The Morgan fingerprint density at radius 2 is 1.85 bits per heavy atom. The lowest BCUT2D eigenvalue weighted by atomic mass is 10.0. The molecule has 27 heavy (non-hydrogen) atoms. The van der Waals surface area contributed by atoms with Gasteiger partial charge >= 0.3 is 6.18 Å². The van der Waals surface area contributed by atoms with Crippen LogP contribution in [0.2, 0.25) is 0 Å². The minimum atomic E-state index is -4.49. The molecule has 0 bridgehead atoms. The van der Waals surface area contributed by atoms with Crippen LogP contribution in [0.25, 0.3) is 0 Å². The molecular formula is C17H25F3N4O3. The Bertz CT molecular complexity index is 752. The van der Waals surface area contributed by atoms with Crippen LogP contribution in [0, 0.1) is 6.92 Å². The standard InChI is InChI=1S/C17H25F3N4O3/c1-11-13(22-6-8-27-9-7-22)21-15-23(14(11)25)5-4-12(17(18,19)20)24(15)10-16(2,3)26/h12,26H,4-10H2,1-3H3. The van der Waals surface area contributed by atoms with E-state index >= 15 is 0 Å². The molecule has 10 heteroatoms. The molecule has 3 rings (SSSR count). The van der Waals surface area contributed by atoms with Crippen LogP contribution in [0.1, 0.15) is 25.8 Å². The predicted molar refractivity (Wildman–Crippen MR) is 94.4 cm³/mol. The number of fused-ring (bicyclic) bond motifs is 1. The SMILES string of the molecule is Cc1c(N2CCOCC2)nc2n(c1=O)CCC(C(F)(F)F)N2CC(C)(C)O. The second-order valence-corrected chi connectivity index (χ2v) is 7.70. The molecule has 1 N–H and O–H groups in total. The zero-order valence-corrected chi connectivity index (χ0v) is 15.7. The maximum Gasteiger partial charge on any atom is 0.408 e. The fourth-order valence-electron chi connectivity index (χ4n) is 3.62. The lowest BCUT2D eigenvalue weighted by Crippen LogP contribution is -2.56. The van der Waals surface area contributed by atoms with Crippen LogP contribution in [0.3, 0.4) is 0 Å². The Kier molecular flexibility index (Phi) is 5.15. The molecule has 1 atom stereocenters. The van der Waals surface area contributed by atoms with Gasteiger partial charge in [-0.25, -0.2) is 0 Å². The maximum atomic E-state index is 13.6. The van der Waals surface area contributed by atoms with E-state index in [-0.39, 0.29) is 31.0 Å². The first-order valence-electron chi connectivity index (χ1n) is 8.99. The summed E-state index contributed by atoms with van der Waals surface area (Å²) in [6, 6.07) is -1.80. The summed E-state index contributed by atoms with van der Waals surface area (Å²) in [5.41, 5.74) is -1.31. The molecule has 2 aliphatic rings. The molecule has 1 aromatic rings. The van der Waals surface area contributed by atoms with Crippen LogP contribution in [-0.2, 0) is 11.3 Å². The maximum absolute atomic E-state index is 13.6. The first-order valence-corrected chi connectivity index (χ1v) is 8.99. The van der Waals surface area contributed by atoms with Crippen LogP contribution in [0.4, 0.5) is 24.9 Å². The summed E-state index contributed by atoms with van der Waals surface area (Å²) in [5, 5.41) is 10.2. The van der Waals surface area contributed by atoms with Crippen molar-refractivity contribution in [3.8, 4) is 0 Å². The van der Waals surface area contributed by atoms with Crippen molar-refractivity contribution < 1.29 is 23.0 Å². The molecule has 2 aliphatic heterocycles. The number of aliphatic hydroxyl groups is 1. The number of rotatable bonds is 3. The Balaban J connectivity index is 2.12. The summed E-state index contributed by atoms with van der Waals surface area (Å²) in [7, 11) is 0. The van der Waals surface area contributed by atoms with Crippen LogP contribution >= 0.6 is 0 Å². The molecule has 7 nitrogen and oxygen atoms in total. The molecule has 1 saturated heterocycles. The number of morpholine rings is 1. The molecule has 0 aromatic carbocycles. The Morgan fingerprint density at radius 1 is 1.22 bits per heavy atom. The molecule has 0 spiro atoms. The topological polar surface area (TPSA) is 70.8 Å². The van der Waals surface area contributed by atoms with Crippen molar-refractivity contribution in [3.63, 3.8) is 0 Å². The van der Waals surface area contributed by atoms with Gasteiger partial charge < -0.3 is 19.6 Å². The van der Waals surface area contributed by atoms with Crippen molar-refractivity contribution in [1.82, 2.24) is 9.55 Å².